The number of aliphatic hydroxyl groups excluding tert-OH is 1. The lowest BCUT2D eigenvalue weighted by Crippen LogP contribution is -1.91. The highest BCUT2D eigenvalue weighted by molar-refractivity contribution is 7.98. The summed E-state index contributed by atoms with van der Waals surface area (Å²) in [5.74, 6) is 0.899. The number of halogens is 1. The molecule has 0 unspecified atom stereocenters. The molecule has 0 aromatic heterocycles. The van der Waals surface area contributed by atoms with Crippen LogP contribution < -0.4 is 0 Å². The first-order valence-electron chi connectivity index (χ1n) is 6.63. The van der Waals surface area contributed by atoms with Crippen LogP contribution in [0.25, 0.3) is 0 Å². The monoisotopic (exact) mass is 306 g/mol. The fraction of sp³-hybridized carbons (Fsp3) is 0.294. The summed E-state index contributed by atoms with van der Waals surface area (Å²) in [5, 5.41) is 10.2. The minimum Gasteiger partial charge on any atom is -0.389 e. The molecule has 0 amide bonds. The topological polar surface area (TPSA) is 20.2 Å². The molecule has 0 bridgehead atoms. The predicted octanol–water partition coefficient (Wildman–Crippen LogP) is 5.30. The Kier molecular flexibility index (Phi) is 5.14. The number of thioether (sulfide) groups is 1. The Labute approximate surface area is 130 Å². The zero-order valence-corrected chi connectivity index (χ0v) is 13.6. The molecule has 0 saturated carbocycles. The van der Waals surface area contributed by atoms with E-state index in [1.807, 2.05) is 18.2 Å². The van der Waals surface area contributed by atoms with Gasteiger partial charge in [0.15, 0.2) is 0 Å². The van der Waals surface area contributed by atoms with Crippen molar-refractivity contribution >= 4 is 23.4 Å². The molecule has 2 aromatic rings. The van der Waals surface area contributed by atoms with Crippen LogP contribution in [0.3, 0.4) is 0 Å². The van der Waals surface area contributed by atoms with Crippen molar-refractivity contribution in [2.75, 3.05) is 0 Å². The summed E-state index contributed by atoms with van der Waals surface area (Å²) in [4.78, 5) is 1.05. The number of hydrogen-bond donors (Lipinski definition) is 1. The molecule has 1 nitrogen and oxygen atoms in total. The van der Waals surface area contributed by atoms with E-state index < -0.39 is 6.10 Å². The van der Waals surface area contributed by atoms with Crippen molar-refractivity contribution < 1.29 is 5.11 Å². The Balaban J connectivity index is 2.11. The van der Waals surface area contributed by atoms with E-state index in [4.69, 9.17) is 11.6 Å². The Morgan fingerprint density at radius 1 is 1.10 bits per heavy atom. The Bertz CT molecular complexity index is 588. The predicted molar refractivity (Wildman–Crippen MR) is 87.6 cm³/mol. The molecule has 20 heavy (non-hydrogen) atoms. The van der Waals surface area contributed by atoms with Crippen molar-refractivity contribution in [3.63, 3.8) is 0 Å². The van der Waals surface area contributed by atoms with Crippen LogP contribution in [0, 0.1) is 13.8 Å². The third-order valence-corrected chi connectivity index (χ3v) is 4.68. The van der Waals surface area contributed by atoms with E-state index in [9.17, 15) is 5.11 Å². The molecule has 2 rings (SSSR count). The van der Waals surface area contributed by atoms with Gasteiger partial charge in [-0.2, -0.15) is 0 Å². The third-order valence-electron chi connectivity index (χ3n) is 3.11. The van der Waals surface area contributed by atoms with Gasteiger partial charge in [-0.05, 0) is 44.0 Å². The van der Waals surface area contributed by atoms with Crippen molar-refractivity contribution in [1.82, 2.24) is 0 Å². The lowest BCUT2D eigenvalue weighted by atomic mass is 10.1. The number of rotatable bonds is 4. The molecule has 1 N–H and O–H groups in total. The van der Waals surface area contributed by atoms with Gasteiger partial charge in [-0.25, -0.2) is 0 Å². The lowest BCUT2D eigenvalue weighted by Gasteiger charge is -2.09. The molecule has 1 atom stereocenters. The van der Waals surface area contributed by atoms with Crippen molar-refractivity contribution in [2.45, 2.75) is 37.5 Å². The van der Waals surface area contributed by atoms with E-state index in [1.165, 1.54) is 16.7 Å². The molecule has 0 aliphatic carbocycles. The summed E-state index contributed by atoms with van der Waals surface area (Å²) in [6.07, 6.45) is -0.481. The normalized spacial score (nSPS) is 12.4. The van der Waals surface area contributed by atoms with Gasteiger partial charge in [0.25, 0.3) is 0 Å². The van der Waals surface area contributed by atoms with E-state index >= 15 is 0 Å². The summed E-state index contributed by atoms with van der Waals surface area (Å²) in [5.41, 5.74) is 4.74. The Hall–Kier alpha value is -0.960. The van der Waals surface area contributed by atoms with Crippen molar-refractivity contribution in [1.29, 1.82) is 0 Å². The van der Waals surface area contributed by atoms with E-state index in [2.05, 4.69) is 32.0 Å². The van der Waals surface area contributed by atoms with Gasteiger partial charge >= 0.3 is 0 Å². The number of hydrogen-bond acceptors (Lipinski definition) is 2. The Morgan fingerprint density at radius 3 is 2.30 bits per heavy atom. The average molecular weight is 307 g/mol. The highest BCUT2D eigenvalue weighted by Crippen LogP contribution is 2.32. The molecule has 2 aromatic carbocycles. The van der Waals surface area contributed by atoms with Crippen LogP contribution in [0.2, 0.25) is 5.02 Å². The summed E-state index contributed by atoms with van der Waals surface area (Å²) in [6.45, 7) is 5.98. The zero-order valence-electron chi connectivity index (χ0n) is 12.0. The van der Waals surface area contributed by atoms with Crippen LogP contribution >= 0.6 is 23.4 Å². The molecule has 0 heterocycles. The van der Waals surface area contributed by atoms with E-state index in [0.29, 0.717) is 5.02 Å². The van der Waals surface area contributed by atoms with Gasteiger partial charge in [-0.3, -0.25) is 0 Å². The maximum absolute atomic E-state index is 9.54. The second-order valence-electron chi connectivity index (χ2n) is 5.15. The van der Waals surface area contributed by atoms with Gasteiger partial charge in [-0.1, -0.05) is 47.0 Å². The van der Waals surface area contributed by atoms with Crippen molar-refractivity contribution in [3.05, 3.63) is 63.7 Å². The lowest BCUT2D eigenvalue weighted by molar-refractivity contribution is 0.199. The molecule has 0 radical (unpaired) electrons. The van der Waals surface area contributed by atoms with E-state index in [1.54, 1.807) is 18.7 Å². The second kappa shape index (κ2) is 6.66. The molecule has 0 aliphatic heterocycles. The van der Waals surface area contributed by atoms with Gasteiger partial charge in [0.2, 0.25) is 0 Å². The molecule has 0 fully saturated rings. The second-order valence-corrected chi connectivity index (χ2v) is 6.57. The minimum absolute atomic E-state index is 0.481. The summed E-state index contributed by atoms with van der Waals surface area (Å²) in [7, 11) is 0. The first-order valence-corrected chi connectivity index (χ1v) is 7.99. The summed E-state index contributed by atoms with van der Waals surface area (Å²) in [6, 6.07) is 12.4. The molecule has 0 saturated heterocycles. The van der Waals surface area contributed by atoms with Gasteiger partial charge in [0, 0.05) is 10.6 Å². The van der Waals surface area contributed by atoms with Crippen LogP contribution in [-0.2, 0) is 5.75 Å². The average Bonchev–Trinajstić information content (AvgIpc) is 2.36. The van der Waals surface area contributed by atoms with Crippen molar-refractivity contribution in [2.24, 2.45) is 0 Å². The van der Waals surface area contributed by atoms with Crippen LogP contribution in [0.15, 0.2) is 41.3 Å². The third kappa shape index (κ3) is 4.02. The van der Waals surface area contributed by atoms with E-state index in [0.717, 1.165) is 16.2 Å². The summed E-state index contributed by atoms with van der Waals surface area (Å²) >= 11 is 7.99. The standard InChI is InChI=1S/C17H19ClOS/c1-11-6-12(2)8-14(7-11)10-20-17-5-4-15(13(3)19)9-16(17)18/h4-9,13,19H,10H2,1-3H3/t13-/m1/s1. The fourth-order valence-electron chi connectivity index (χ4n) is 2.21. The maximum Gasteiger partial charge on any atom is 0.0762 e. The fourth-order valence-corrected chi connectivity index (χ4v) is 3.41. The molecule has 106 valence electrons. The molecule has 0 aliphatic rings. The highest BCUT2D eigenvalue weighted by Gasteiger charge is 2.07. The van der Waals surface area contributed by atoms with Crippen LogP contribution in [0.1, 0.15) is 35.3 Å². The van der Waals surface area contributed by atoms with Gasteiger partial charge in [0.05, 0.1) is 11.1 Å². The first kappa shape index (κ1) is 15.4. The van der Waals surface area contributed by atoms with Crippen LogP contribution in [0.5, 0.6) is 0 Å². The number of benzene rings is 2. The number of aliphatic hydroxyl groups is 1. The molecule has 0 spiro atoms. The SMILES string of the molecule is Cc1cc(C)cc(CSc2ccc([C@@H](C)O)cc2Cl)c1. The molecular weight excluding hydrogens is 288 g/mol. The minimum atomic E-state index is -0.481. The van der Waals surface area contributed by atoms with Gasteiger partial charge in [0.1, 0.15) is 0 Å². The van der Waals surface area contributed by atoms with Gasteiger partial charge in [-0.15, -0.1) is 11.8 Å². The first-order chi connectivity index (χ1) is 9.45. The molecular formula is C17H19ClOS. The largest absolute Gasteiger partial charge is 0.389 e. The quantitative estimate of drug-likeness (QED) is 0.773. The number of aryl methyl sites for hydroxylation is 2. The van der Waals surface area contributed by atoms with Gasteiger partial charge < -0.3 is 5.11 Å². The smallest absolute Gasteiger partial charge is 0.0762 e. The van der Waals surface area contributed by atoms with Crippen LogP contribution in [-0.4, -0.2) is 5.11 Å². The van der Waals surface area contributed by atoms with E-state index in [-0.39, 0.29) is 0 Å². The van der Waals surface area contributed by atoms with Crippen molar-refractivity contribution in [3.8, 4) is 0 Å². The highest BCUT2D eigenvalue weighted by atomic mass is 35.5. The maximum atomic E-state index is 9.54. The summed E-state index contributed by atoms with van der Waals surface area (Å²) < 4.78 is 0. The Morgan fingerprint density at radius 2 is 1.75 bits per heavy atom. The molecule has 3 heteroatoms. The van der Waals surface area contributed by atoms with Crippen LogP contribution in [0.4, 0.5) is 0 Å². The zero-order chi connectivity index (χ0) is 14.7.